The van der Waals surface area contributed by atoms with E-state index in [4.69, 9.17) is 4.74 Å². The second-order valence-electron chi connectivity index (χ2n) is 9.93. The van der Waals surface area contributed by atoms with Crippen molar-refractivity contribution in [3.05, 3.63) is 59.2 Å². The number of rotatable bonds is 9. The van der Waals surface area contributed by atoms with Crippen LogP contribution in [-0.4, -0.2) is 13.5 Å². The monoisotopic (exact) mass is 512 g/mol. The van der Waals surface area contributed by atoms with Crippen molar-refractivity contribution in [2.45, 2.75) is 70.5 Å². The Balaban J connectivity index is 1.35. The van der Waals surface area contributed by atoms with Crippen LogP contribution >= 0.6 is 0 Å². The van der Waals surface area contributed by atoms with Crippen LogP contribution in [0.3, 0.4) is 0 Å². The van der Waals surface area contributed by atoms with Crippen LogP contribution in [0, 0.1) is 29.4 Å². The zero-order valence-corrected chi connectivity index (χ0v) is 20.5. The molecule has 2 unspecified atom stereocenters. The Morgan fingerprint density at radius 2 is 1.67 bits per heavy atom. The molecule has 2 aromatic carbocycles. The first-order valence-electron chi connectivity index (χ1n) is 12.8. The minimum absolute atomic E-state index is 0.340. The maximum absolute atomic E-state index is 14.8. The van der Waals surface area contributed by atoms with Gasteiger partial charge >= 0.3 is 6.11 Å². The Morgan fingerprint density at radius 1 is 0.917 bits per heavy atom. The van der Waals surface area contributed by atoms with Gasteiger partial charge in [-0.3, -0.25) is 0 Å². The van der Waals surface area contributed by atoms with Gasteiger partial charge in [0.05, 0.1) is 18.3 Å². The number of hydrogen-bond acceptors (Lipinski definition) is 3. The van der Waals surface area contributed by atoms with Crippen LogP contribution in [0.4, 0.5) is 22.0 Å². The van der Waals surface area contributed by atoms with Crippen molar-refractivity contribution in [2.24, 2.45) is 17.8 Å². The molecule has 2 fully saturated rings. The Bertz CT molecular complexity index is 999. The molecule has 0 aromatic heterocycles. The molecule has 0 spiro atoms. The molecule has 1 saturated carbocycles. The molecule has 198 valence electrons. The number of ether oxygens (including phenoxy) is 3. The van der Waals surface area contributed by atoms with Crippen LogP contribution in [0.15, 0.2) is 36.4 Å². The molecule has 0 N–H and O–H groups in total. The largest absolute Gasteiger partial charge is 0.460 e. The van der Waals surface area contributed by atoms with Gasteiger partial charge < -0.3 is 14.2 Å². The third-order valence-electron chi connectivity index (χ3n) is 7.60. The van der Waals surface area contributed by atoms with Gasteiger partial charge in [-0.25, -0.2) is 13.2 Å². The molecule has 0 radical (unpaired) electrons. The first-order chi connectivity index (χ1) is 17.3. The van der Waals surface area contributed by atoms with Gasteiger partial charge in [-0.2, -0.15) is 8.78 Å². The molecular weight excluding hydrogens is 479 g/mol. The highest BCUT2D eigenvalue weighted by Gasteiger charge is 2.39. The molecule has 4 rings (SSSR count). The van der Waals surface area contributed by atoms with Crippen LogP contribution in [0.25, 0.3) is 0 Å². The first-order valence-corrected chi connectivity index (χ1v) is 12.8. The number of halogens is 5. The molecule has 1 heterocycles. The summed E-state index contributed by atoms with van der Waals surface area (Å²) in [5.74, 6) is -1.18. The normalized spacial score (nSPS) is 24.9. The summed E-state index contributed by atoms with van der Waals surface area (Å²) in [6, 6.07) is 6.06. The summed E-state index contributed by atoms with van der Waals surface area (Å²) in [6.07, 6.45) is 4.88. The average Bonchev–Trinajstić information content (AvgIpc) is 2.86. The summed E-state index contributed by atoms with van der Waals surface area (Å²) in [5, 5.41) is 0. The molecule has 0 bridgehead atoms. The van der Waals surface area contributed by atoms with Crippen molar-refractivity contribution in [1.29, 1.82) is 0 Å². The smallest absolute Gasteiger partial charge is 0.429 e. The first kappa shape index (κ1) is 26.7. The Kier molecular flexibility index (Phi) is 8.75. The molecule has 1 aliphatic carbocycles. The summed E-state index contributed by atoms with van der Waals surface area (Å²) in [6.45, 7) is 1.57. The lowest BCUT2D eigenvalue weighted by Crippen LogP contribution is -2.30. The van der Waals surface area contributed by atoms with Crippen LogP contribution in [0.2, 0.25) is 0 Å². The highest BCUT2D eigenvalue weighted by atomic mass is 19.3. The molecule has 0 amide bonds. The fraction of sp³-hybridized carbons (Fsp3) is 0.571. The van der Waals surface area contributed by atoms with Gasteiger partial charge in [0.15, 0.2) is 11.6 Å². The maximum Gasteiger partial charge on any atom is 0.429 e. The minimum Gasteiger partial charge on any atom is -0.460 e. The fourth-order valence-electron chi connectivity index (χ4n) is 5.65. The van der Waals surface area contributed by atoms with E-state index in [0.717, 1.165) is 43.0 Å². The summed E-state index contributed by atoms with van der Waals surface area (Å²) in [7, 11) is 0. The molecule has 3 nitrogen and oxygen atoms in total. The van der Waals surface area contributed by atoms with E-state index in [0.29, 0.717) is 30.1 Å². The lowest BCUT2D eigenvalue weighted by Gasteiger charge is -2.38. The van der Waals surface area contributed by atoms with Crippen molar-refractivity contribution < 1.29 is 36.2 Å². The molecule has 2 aliphatic rings. The van der Waals surface area contributed by atoms with E-state index in [-0.39, 0.29) is 6.10 Å². The van der Waals surface area contributed by atoms with E-state index >= 15 is 0 Å². The van der Waals surface area contributed by atoms with Crippen LogP contribution in [0.1, 0.15) is 75.5 Å². The van der Waals surface area contributed by atoms with E-state index in [9.17, 15) is 22.0 Å². The van der Waals surface area contributed by atoms with Crippen molar-refractivity contribution >= 4 is 0 Å². The van der Waals surface area contributed by atoms with Crippen molar-refractivity contribution in [3.63, 3.8) is 0 Å². The van der Waals surface area contributed by atoms with E-state index in [1.807, 2.05) is 0 Å². The van der Waals surface area contributed by atoms with Gasteiger partial charge in [-0.15, -0.1) is 0 Å². The lowest BCUT2D eigenvalue weighted by molar-refractivity contribution is -0.187. The van der Waals surface area contributed by atoms with E-state index in [1.54, 1.807) is 0 Å². The van der Waals surface area contributed by atoms with Crippen LogP contribution < -0.4 is 9.47 Å². The van der Waals surface area contributed by atoms with Crippen molar-refractivity contribution in [3.8, 4) is 11.5 Å². The Hall–Kier alpha value is -2.35. The standard InChI is InChI=1S/C28H33F5O3/c1-2-3-18-4-6-19(7-5-18)21-9-12-26(34-16-21)20-8-11-23(24(30)14-20)28(32,33)36-22-10-13-27(35-17-29)25(31)15-22/h8,10-11,13-15,18-19,21,26H,2-7,9,12,16-17H2,1H3. The lowest BCUT2D eigenvalue weighted by atomic mass is 9.73. The van der Waals surface area contributed by atoms with E-state index < -0.39 is 41.7 Å². The third-order valence-corrected chi connectivity index (χ3v) is 7.60. The highest BCUT2D eigenvalue weighted by Crippen LogP contribution is 2.42. The third kappa shape index (κ3) is 6.31. The molecule has 1 aliphatic heterocycles. The molecule has 8 heteroatoms. The number of benzene rings is 2. The SMILES string of the molecule is CCCC1CCC(C2CCC(c3ccc(C(F)(F)Oc4ccc(OCF)c(F)c4)c(F)c3)OC2)CC1. The van der Waals surface area contributed by atoms with Crippen molar-refractivity contribution in [1.82, 2.24) is 0 Å². The van der Waals surface area contributed by atoms with Crippen molar-refractivity contribution in [2.75, 3.05) is 13.5 Å². The molecule has 2 atom stereocenters. The summed E-state index contributed by atoms with van der Waals surface area (Å²) in [4.78, 5) is 0. The van der Waals surface area contributed by atoms with Gasteiger partial charge in [-0.05, 0) is 73.3 Å². The maximum atomic E-state index is 14.8. The second kappa shape index (κ2) is 11.8. The van der Waals surface area contributed by atoms with Gasteiger partial charge in [0.25, 0.3) is 0 Å². The molecule has 36 heavy (non-hydrogen) atoms. The number of hydrogen-bond donors (Lipinski definition) is 0. The highest BCUT2D eigenvalue weighted by molar-refractivity contribution is 5.34. The zero-order valence-electron chi connectivity index (χ0n) is 20.5. The molecule has 1 saturated heterocycles. The molecule has 2 aromatic rings. The summed E-state index contributed by atoms with van der Waals surface area (Å²) < 4.78 is 85.2. The topological polar surface area (TPSA) is 27.7 Å². The second-order valence-corrected chi connectivity index (χ2v) is 9.93. The fourth-order valence-corrected chi connectivity index (χ4v) is 5.65. The minimum atomic E-state index is -4.05. The van der Waals surface area contributed by atoms with Crippen LogP contribution in [0.5, 0.6) is 11.5 Å². The van der Waals surface area contributed by atoms with E-state index in [2.05, 4.69) is 16.4 Å². The van der Waals surface area contributed by atoms with E-state index in [1.165, 1.54) is 44.6 Å². The Morgan fingerprint density at radius 3 is 2.28 bits per heavy atom. The number of alkyl halides is 3. The molecular formula is C28H33F5O3. The summed E-state index contributed by atoms with van der Waals surface area (Å²) >= 11 is 0. The average molecular weight is 513 g/mol. The summed E-state index contributed by atoms with van der Waals surface area (Å²) in [5.41, 5.74) is -0.454. The van der Waals surface area contributed by atoms with Gasteiger partial charge in [0.2, 0.25) is 6.86 Å². The Labute approximate surface area is 208 Å². The predicted octanol–water partition coefficient (Wildman–Crippen LogP) is 8.47. The van der Waals surface area contributed by atoms with Gasteiger partial charge in [0.1, 0.15) is 11.6 Å². The quantitative estimate of drug-likeness (QED) is 0.316. The van der Waals surface area contributed by atoms with Gasteiger partial charge in [0, 0.05) is 6.07 Å². The van der Waals surface area contributed by atoms with Gasteiger partial charge in [-0.1, -0.05) is 38.7 Å². The zero-order chi connectivity index (χ0) is 25.7. The predicted molar refractivity (Wildman–Crippen MR) is 126 cm³/mol. The van der Waals surface area contributed by atoms with Crippen LogP contribution in [-0.2, 0) is 10.8 Å².